The van der Waals surface area contributed by atoms with Gasteiger partial charge in [0.1, 0.15) is 29.6 Å². The van der Waals surface area contributed by atoms with Crippen molar-refractivity contribution < 1.29 is 14.3 Å². The summed E-state index contributed by atoms with van der Waals surface area (Å²) in [5, 5.41) is 21.0. The zero-order valence-corrected chi connectivity index (χ0v) is 19.4. The summed E-state index contributed by atoms with van der Waals surface area (Å²) in [6, 6.07) is 15.8. The van der Waals surface area contributed by atoms with Crippen LogP contribution in [-0.4, -0.2) is 48.9 Å². The Morgan fingerprint density at radius 3 is 2.54 bits per heavy atom. The molecule has 1 amide bonds. The number of rotatable bonds is 10. The monoisotopic (exact) mass is 471 g/mol. The molecule has 10 nitrogen and oxygen atoms in total. The third-order valence-corrected chi connectivity index (χ3v) is 5.13. The molecule has 0 spiro atoms. The van der Waals surface area contributed by atoms with Crippen molar-refractivity contribution in [3.8, 4) is 17.6 Å². The number of hydrogen-bond donors (Lipinski definition) is 3. The number of anilines is 3. The first-order chi connectivity index (χ1) is 16.9. The van der Waals surface area contributed by atoms with E-state index in [2.05, 4.69) is 21.9 Å². The first-order valence-corrected chi connectivity index (χ1v) is 10.5. The van der Waals surface area contributed by atoms with Gasteiger partial charge in [-0.05, 0) is 30.3 Å². The third-order valence-electron chi connectivity index (χ3n) is 5.13. The Morgan fingerprint density at radius 1 is 1.17 bits per heavy atom. The summed E-state index contributed by atoms with van der Waals surface area (Å²) in [6.07, 6.45) is 1.29. The lowest BCUT2D eigenvalue weighted by molar-refractivity contribution is -0.114. The summed E-state index contributed by atoms with van der Waals surface area (Å²) < 4.78 is 10.6. The lowest BCUT2D eigenvalue weighted by Gasteiger charge is -2.23. The van der Waals surface area contributed by atoms with Crippen LogP contribution >= 0.6 is 0 Å². The van der Waals surface area contributed by atoms with Crippen LogP contribution in [0.5, 0.6) is 11.5 Å². The van der Waals surface area contributed by atoms with Gasteiger partial charge < -0.3 is 25.4 Å². The largest absolute Gasteiger partial charge is 0.493 e. The van der Waals surface area contributed by atoms with Gasteiger partial charge in [0.15, 0.2) is 11.5 Å². The molecule has 0 aliphatic heterocycles. The Kier molecular flexibility index (Phi) is 7.98. The second kappa shape index (κ2) is 11.3. The van der Waals surface area contributed by atoms with Crippen LogP contribution in [0.3, 0.4) is 0 Å². The number of ether oxygens (including phenoxy) is 2. The van der Waals surface area contributed by atoms with Crippen molar-refractivity contribution in [3.63, 3.8) is 0 Å². The first kappa shape index (κ1) is 24.7. The second-order valence-corrected chi connectivity index (χ2v) is 7.24. The van der Waals surface area contributed by atoms with E-state index < -0.39 is 5.91 Å². The van der Waals surface area contributed by atoms with E-state index in [1.54, 1.807) is 48.5 Å². The lowest BCUT2D eigenvalue weighted by Crippen LogP contribution is -2.36. The predicted octanol–water partition coefficient (Wildman–Crippen LogP) is 3.02. The number of carbonyl (C=O) groups excluding carboxylic acids is 1. The van der Waals surface area contributed by atoms with Crippen molar-refractivity contribution >= 4 is 28.9 Å². The minimum atomic E-state index is -0.499. The third kappa shape index (κ3) is 5.54. The molecule has 1 aromatic heterocycles. The highest BCUT2D eigenvalue weighted by molar-refractivity contribution is 6.16. The maximum absolute atomic E-state index is 12.7. The molecule has 3 aromatic rings. The zero-order valence-electron chi connectivity index (χ0n) is 19.4. The van der Waals surface area contributed by atoms with Gasteiger partial charge in [-0.15, -0.1) is 0 Å². The number of nitrogens with zero attached hydrogens (tertiary/aromatic N) is 4. The van der Waals surface area contributed by atoms with E-state index in [1.807, 2.05) is 6.07 Å². The molecule has 1 heterocycles. The standard InChI is InChI=1S/C25H25N7O3/c1-16(14-26)25(33)32(18-7-5-4-6-8-18)12-11-29-24-21(23(28)30-15-31-24)22(27)17-9-10-19(34-2)20(13-17)35-3/h4-10,13,15,27H,1,11-12H2,2-3H3,(H3,28,29,30,31). The van der Waals surface area contributed by atoms with Crippen LogP contribution in [0.15, 0.2) is 67.0 Å². The van der Waals surface area contributed by atoms with Crippen molar-refractivity contribution in [3.05, 3.63) is 78.1 Å². The van der Waals surface area contributed by atoms with Gasteiger partial charge in [0.25, 0.3) is 5.91 Å². The number of carbonyl (C=O) groups is 1. The molecule has 35 heavy (non-hydrogen) atoms. The average Bonchev–Trinajstić information content (AvgIpc) is 2.90. The number of aromatic nitrogens is 2. The molecule has 0 bridgehead atoms. The average molecular weight is 472 g/mol. The van der Waals surface area contributed by atoms with E-state index >= 15 is 0 Å². The van der Waals surface area contributed by atoms with Crippen molar-refractivity contribution in [2.45, 2.75) is 0 Å². The van der Waals surface area contributed by atoms with Gasteiger partial charge >= 0.3 is 0 Å². The number of methoxy groups -OCH3 is 2. The summed E-state index contributed by atoms with van der Waals surface area (Å²) >= 11 is 0. The van der Waals surface area contributed by atoms with Crippen LogP contribution in [0.4, 0.5) is 17.3 Å². The molecule has 0 atom stereocenters. The molecule has 0 unspecified atom stereocenters. The first-order valence-electron chi connectivity index (χ1n) is 10.5. The number of nitrogen functional groups attached to an aromatic ring is 1. The summed E-state index contributed by atoms with van der Waals surface area (Å²) in [7, 11) is 3.04. The summed E-state index contributed by atoms with van der Waals surface area (Å²) in [4.78, 5) is 22.5. The molecule has 0 aliphatic carbocycles. The molecular formula is C25H25N7O3. The minimum absolute atomic E-state index is 0.0837. The van der Waals surface area contributed by atoms with E-state index in [4.69, 9.17) is 25.9 Å². The van der Waals surface area contributed by atoms with E-state index in [1.165, 1.54) is 25.4 Å². The van der Waals surface area contributed by atoms with Crippen LogP contribution in [0, 0.1) is 16.7 Å². The van der Waals surface area contributed by atoms with Crippen molar-refractivity contribution in [2.75, 3.05) is 43.3 Å². The van der Waals surface area contributed by atoms with E-state index in [0.29, 0.717) is 34.1 Å². The fourth-order valence-corrected chi connectivity index (χ4v) is 3.37. The molecule has 4 N–H and O–H groups in total. The van der Waals surface area contributed by atoms with Crippen molar-refractivity contribution in [1.29, 1.82) is 10.7 Å². The molecular weight excluding hydrogens is 446 g/mol. The second-order valence-electron chi connectivity index (χ2n) is 7.24. The normalized spacial score (nSPS) is 10.1. The Morgan fingerprint density at radius 2 is 1.89 bits per heavy atom. The molecule has 178 valence electrons. The minimum Gasteiger partial charge on any atom is -0.493 e. The highest BCUT2D eigenvalue weighted by Gasteiger charge is 2.20. The number of nitriles is 1. The highest BCUT2D eigenvalue weighted by atomic mass is 16.5. The van der Waals surface area contributed by atoms with E-state index in [9.17, 15) is 4.79 Å². The summed E-state index contributed by atoms with van der Waals surface area (Å²) in [6.45, 7) is 3.99. The smallest absolute Gasteiger partial charge is 0.268 e. The number of hydrogen-bond acceptors (Lipinski definition) is 9. The fourth-order valence-electron chi connectivity index (χ4n) is 3.37. The van der Waals surface area contributed by atoms with Gasteiger partial charge in [-0.3, -0.25) is 10.2 Å². The fraction of sp³-hybridized carbons (Fsp3) is 0.160. The van der Waals surface area contributed by atoms with Crippen LogP contribution in [0.1, 0.15) is 11.1 Å². The number of nitrogens with one attached hydrogen (secondary N) is 2. The molecule has 0 aliphatic rings. The summed E-state index contributed by atoms with van der Waals surface area (Å²) in [5.74, 6) is 0.952. The number of amides is 1. The zero-order chi connectivity index (χ0) is 25.4. The predicted molar refractivity (Wildman–Crippen MR) is 134 cm³/mol. The van der Waals surface area contributed by atoms with Crippen LogP contribution < -0.4 is 25.4 Å². The Balaban J connectivity index is 1.85. The van der Waals surface area contributed by atoms with Gasteiger partial charge in [-0.1, -0.05) is 24.8 Å². The van der Waals surface area contributed by atoms with Crippen molar-refractivity contribution in [1.82, 2.24) is 9.97 Å². The lowest BCUT2D eigenvalue weighted by atomic mass is 10.0. The molecule has 0 saturated carbocycles. The van der Waals surface area contributed by atoms with Gasteiger partial charge in [-0.25, -0.2) is 9.97 Å². The number of nitrogens with two attached hydrogens (primary N) is 1. The Bertz CT molecular complexity index is 1290. The van der Waals surface area contributed by atoms with E-state index in [0.717, 1.165) is 0 Å². The number of para-hydroxylation sites is 1. The van der Waals surface area contributed by atoms with Gasteiger partial charge in [0.05, 0.1) is 25.5 Å². The molecule has 3 rings (SSSR count). The van der Waals surface area contributed by atoms with Crippen LogP contribution in [0.2, 0.25) is 0 Å². The maximum Gasteiger partial charge on any atom is 0.268 e. The Hall–Kier alpha value is -4.91. The maximum atomic E-state index is 12.7. The van der Waals surface area contributed by atoms with Gasteiger partial charge in [-0.2, -0.15) is 5.26 Å². The molecule has 10 heteroatoms. The summed E-state index contributed by atoms with van der Waals surface area (Å²) in [5.41, 5.74) is 7.48. The molecule has 0 radical (unpaired) electrons. The van der Waals surface area contributed by atoms with Gasteiger partial charge in [0, 0.05) is 24.3 Å². The van der Waals surface area contributed by atoms with Gasteiger partial charge in [0.2, 0.25) is 0 Å². The Labute approximate surface area is 203 Å². The highest BCUT2D eigenvalue weighted by Crippen LogP contribution is 2.30. The van der Waals surface area contributed by atoms with E-state index in [-0.39, 0.29) is 30.2 Å². The quantitative estimate of drug-likeness (QED) is 0.232. The topological polar surface area (TPSA) is 150 Å². The van der Waals surface area contributed by atoms with Crippen LogP contribution in [-0.2, 0) is 4.79 Å². The molecule has 0 fully saturated rings. The number of benzene rings is 2. The van der Waals surface area contributed by atoms with Crippen LogP contribution in [0.25, 0.3) is 0 Å². The SMILES string of the molecule is C=C(C#N)C(=O)N(CCNc1ncnc(N)c1C(=N)c1ccc(OC)c(OC)c1)c1ccccc1. The molecule has 0 saturated heterocycles. The van der Waals surface area contributed by atoms with Crippen molar-refractivity contribution in [2.24, 2.45) is 0 Å². The molecule has 2 aromatic carbocycles.